The van der Waals surface area contributed by atoms with E-state index in [1.807, 2.05) is 24.5 Å². The second-order valence-electron chi connectivity index (χ2n) is 6.65. The average molecular weight is 342 g/mol. The van der Waals surface area contributed by atoms with Crippen LogP contribution in [0, 0.1) is 0 Å². The molecule has 0 saturated heterocycles. The number of pyridine rings is 2. The van der Waals surface area contributed by atoms with Crippen LogP contribution < -0.4 is 5.32 Å². The summed E-state index contributed by atoms with van der Waals surface area (Å²) in [5, 5.41) is 3.50. The lowest BCUT2D eigenvalue weighted by molar-refractivity contribution is 0.769. The highest BCUT2D eigenvalue weighted by Crippen LogP contribution is 2.30. The second-order valence-corrected chi connectivity index (χ2v) is 6.65. The van der Waals surface area contributed by atoms with Crippen molar-refractivity contribution in [3.05, 3.63) is 83.9 Å². The van der Waals surface area contributed by atoms with Crippen molar-refractivity contribution in [2.24, 2.45) is 4.99 Å². The van der Waals surface area contributed by atoms with Gasteiger partial charge >= 0.3 is 0 Å². The fourth-order valence-electron chi connectivity index (χ4n) is 3.42. The average Bonchev–Trinajstić information content (AvgIpc) is 2.67. The highest BCUT2D eigenvalue weighted by Gasteiger charge is 2.20. The first-order valence-electron chi connectivity index (χ1n) is 8.97. The van der Waals surface area contributed by atoms with E-state index in [1.54, 1.807) is 0 Å². The maximum absolute atomic E-state index is 5.03. The third kappa shape index (κ3) is 3.23. The molecule has 0 bridgehead atoms. The van der Waals surface area contributed by atoms with Crippen LogP contribution in [0.1, 0.15) is 31.0 Å². The van der Waals surface area contributed by atoms with E-state index in [-0.39, 0.29) is 12.1 Å². The fourth-order valence-corrected chi connectivity index (χ4v) is 3.42. The van der Waals surface area contributed by atoms with Gasteiger partial charge in [0.25, 0.3) is 0 Å². The van der Waals surface area contributed by atoms with Gasteiger partial charge in [-0.15, -0.1) is 0 Å². The summed E-state index contributed by atoms with van der Waals surface area (Å²) in [5.41, 5.74) is 6.34. The molecule has 1 N–H and O–H groups in total. The number of aliphatic imine (C=N–C) groups is 1. The lowest BCUT2D eigenvalue weighted by Gasteiger charge is -2.22. The minimum Gasteiger partial charge on any atom is -0.377 e. The molecule has 0 amide bonds. The highest BCUT2D eigenvalue weighted by molar-refractivity contribution is 6.01. The Labute approximate surface area is 154 Å². The van der Waals surface area contributed by atoms with Crippen molar-refractivity contribution >= 4 is 5.71 Å². The van der Waals surface area contributed by atoms with E-state index in [9.17, 15) is 0 Å². The maximum atomic E-state index is 5.03. The molecule has 0 radical (unpaired) electrons. The van der Waals surface area contributed by atoms with Gasteiger partial charge in [0, 0.05) is 23.7 Å². The van der Waals surface area contributed by atoms with Crippen molar-refractivity contribution in [3.8, 4) is 11.4 Å². The molecule has 0 saturated carbocycles. The molecule has 4 nitrogen and oxygen atoms in total. The van der Waals surface area contributed by atoms with Crippen LogP contribution in [-0.2, 0) is 6.42 Å². The number of dihydropyridines is 1. The number of hydrogen-bond acceptors (Lipinski definition) is 4. The molecule has 2 unspecified atom stereocenters. The van der Waals surface area contributed by atoms with Gasteiger partial charge in [0.1, 0.15) is 0 Å². The monoisotopic (exact) mass is 342 g/mol. The van der Waals surface area contributed by atoms with Gasteiger partial charge in [-0.2, -0.15) is 0 Å². The predicted octanol–water partition coefficient (Wildman–Crippen LogP) is 4.19. The Hall–Kier alpha value is -3.01. The smallest absolute Gasteiger partial charge is 0.0942 e. The first kappa shape index (κ1) is 16.5. The van der Waals surface area contributed by atoms with Gasteiger partial charge in [0.05, 0.1) is 29.2 Å². The maximum Gasteiger partial charge on any atom is 0.0942 e. The molecule has 4 heteroatoms. The van der Waals surface area contributed by atoms with Crippen LogP contribution in [0.3, 0.4) is 0 Å². The lowest BCUT2D eigenvalue weighted by atomic mass is 9.97. The highest BCUT2D eigenvalue weighted by atomic mass is 15.0. The predicted molar refractivity (Wildman–Crippen MR) is 106 cm³/mol. The van der Waals surface area contributed by atoms with Crippen molar-refractivity contribution in [3.63, 3.8) is 0 Å². The standard InChI is InChI=1S/C22H22N4/c1-15-7-3-11-19(25-15)20-12-4-8-17-9-5-13-23-21(17)22-18(16(2)26-20)10-6-14-24-22/h3-7,9-14,16,19,25H,8H2,1-2H3. The minimum atomic E-state index is -0.00674. The Morgan fingerprint density at radius 1 is 1.08 bits per heavy atom. The Bertz CT molecular complexity index is 937. The third-order valence-electron chi connectivity index (χ3n) is 4.73. The number of allylic oxidation sites excluding steroid dienone is 4. The molecule has 2 aromatic heterocycles. The number of aromatic nitrogens is 2. The quantitative estimate of drug-likeness (QED) is 0.845. The zero-order valence-electron chi connectivity index (χ0n) is 15.1. The number of nitrogens with zero attached hydrogens (tertiary/aromatic N) is 3. The van der Waals surface area contributed by atoms with Crippen LogP contribution in [0.25, 0.3) is 11.4 Å². The van der Waals surface area contributed by atoms with E-state index < -0.39 is 0 Å². The van der Waals surface area contributed by atoms with Crippen LogP contribution in [0.15, 0.2) is 77.7 Å². The Morgan fingerprint density at radius 3 is 2.73 bits per heavy atom. The Morgan fingerprint density at radius 2 is 1.88 bits per heavy atom. The van der Waals surface area contributed by atoms with Gasteiger partial charge in [-0.1, -0.05) is 30.4 Å². The topological polar surface area (TPSA) is 50.2 Å². The van der Waals surface area contributed by atoms with E-state index >= 15 is 0 Å². The van der Waals surface area contributed by atoms with E-state index in [2.05, 4.69) is 71.6 Å². The molecule has 2 aliphatic heterocycles. The molecule has 0 spiro atoms. The molecular formula is C22H22N4. The second kappa shape index (κ2) is 7.08. The first-order valence-corrected chi connectivity index (χ1v) is 8.97. The van der Waals surface area contributed by atoms with E-state index in [4.69, 9.17) is 4.99 Å². The number of rotatable bonds is 1. The summed E-state index contributed by atoms with van der Waals surface area (Å²) in [6, 6.07) is 8.27. The van der Waals surface area contributed by atoms with Crippen LogP contribution in [0.5, 0.6) is 0 Å². The normalized spacial score (nSPS) is 21.8. The molecule has 4 rings (SSSR count). The Kier molecular flexibility index (Phi) is 4.48. The largest absolute Gasteiger partial charge is 0.377 e. The van der Waals surface area contributed by atoms with Crippen molar-refractivity contribution in [1.29, 1.82) is 0 Å². The molecule has 2 aromatic rings. The van der Waals surface area contributed by atoms with Crippen LogP contribution in [0.2, 0.25) is 0 Å². The molecule has 0 fully saturated rings. The zero-order valence-corrected chi connectivity index (χ0v) is 15.1. The third-order valence-corrected chi connectivity index (χ3v) is 4.73. The van der Waals surface area contributed by atoms with Gasteiger partial charge in [0.2, 0.25) is 0 Å². The Balaban J connectivity index is 1.82. The van der Waals surface area contributed by atoms with E-state index in [0.717, 1.165) is 34.8 Å². The van der Waals surface area contributed by atoms with Crippen LogP contribution >= 0.6 is 0 Å². The number of fused-ring (bicyclic) bond motifs is 3. The number of hydrogen-bond donors (Lipinski definition) is 1. The van der Waals surface area contributed by atoms with Crippen molar-refractivity contribution < 1.29 is 0 Å². The van der Waals surface area contributed by atoms with E-state index in [1.165, 1.54) is 5.56 Å². The summed E-state index contributed by atoms with van der Waals surface area (Å²) in [4.78, 5) is 14.3. The van der Waals surface area contributed by atoms with Gasteiger partial charge in [-0.05, 0) is 50.1 Å². The molecule has 130 valence electrons. The summed E-state index contributed by atoms with van der Waals surface area (Å²) >= 11 is 0. The van der Waals surface area contributed by atoms with Crippen molar-refractivity contribution in [1.82, 2.24) is 15.3 Å². The van der Waals surface area contributed by atoms with Gasteiger partial charge in [0.15, 0.2) is 0 Å². The van der Waals surface area contributed by atoms with Crippen LogP contribution in [-0.4, -0.2) is 21.7 Å². The number of nitrogens with one attached hydrogen (secondary N) is 1. The first-order chi connectivity index (χ1) is 12.7. The molecule has 2 aliphatic rings. The summed E-state index contributed by atoms with van der Waals surface area (Å²) in [7, 11) is 0. The molecule has 0 aromatic carbocycles. The van der Waals surface area contributed by atoms with Gasteiger partial charge < -0.3 is 5.32 Å². The summed E-state index contributed by atoms with van der Waals surface area (Å²) in [5.74, 6) is 0. The lowest BCUT2D eigenvalue weighted by Crippen LogP contribution is -2.34. The summed E-state index contributed by atoms with van der Waals surface area (Å²) in [6.45, 7) is 4.19. The van der Waals surface area contributed by atoms with Crippen LogP contribution in [0.4, 0.5) is 0 Å². The summed E-state index contributed by atoms with van der Waals surface area (Å²) in [6.07, 6.45) is 15.1. The van der Waals surface area contributed by atoms with Crippen molar-refractivity contribution in [2.75, 3.05) is 0 Å². The minimum absolute atomic E-state index is 0.00674. The molecule has 26 heavy (non-hydrogen) atoms. The molecule has 4 heterocycles. The van der Waals surface area contributed by atoms with E-state index in [0.29, 0.717) is 0 Å². The molecular weight excluding hydrogens is 320 g/mol. The summed E-state index contributed by atoms with van der Waals surface area (Å²) < 4.78 is 0. The fraction of sp³-hybridized carbons (Fsp3) is 0.227. The zero-order chi connectivity index (χ0) is 17.9. The van der Waals surface area contributed by atoms with Gasteiger partial charge in [-0.3, -0.25) is 15.0 Å². The molecule has 0 aliphatic carbocycles. The van der Waals surface area contributed by atoms with Gasteiger partial charge in [-0.25, -0.2) is 0 Å². The SMILES string of the molecule is CC1=CC=CC(C2=NC(C)c3cccnc3-c3ncccc3CC=C2)N1. The molecule has 2 atom stereocenters. The van der Waals surface area contributed by atoms with Crippen molar-refractivity contribution in [2.45, 2.75) is 32.4 Å².